The van der Waals surface area contributed by atoms with Crippen molar-refractivity contribution in [2.45, 2.75) is 44.5 Å². The Morgan fingerprint density at radius 2 is 2.11 bits per heavy atom. The van der Waals surface area contributed by atoms with Crippen LogP contribution in [0.15, 0.2) is 21.1 Å². The molecule has 0 saturated carbocycles. The van der Waals surface area contributed by atoms with Gasteiger partial charge in [0, 0.05) is 17.9 Å². The first-order chi connectivity index (χ1) is 16.2. The van der Waals surface area contributed by atoms with Gasteiger partial charge in [-0.1, -0.05) is 10.3 Å². The predicted octanol–water partition coefficient (Wildman–Crippen LogP) is -1.50. The first-order valence-electron chi connectivity index (χ1n) is 9.71. The maximum atomic E-state index is 13.0. The average Bonchev–Trinajstić information content (AvgIpc) is 3.39. The smallest absolute Gasteiger partial charge is 0.362 e. The number of nitrogens with zero attached hydrogens (tertiary/aromatic N) is 4. The van der Waals surface area contributed by atoms with E-state index >= 15 is 0 Å². The molecule has 1 saturated heterocycles. The van der Waals surface area contributed by atoms with Crippen molar-refractivity contribution in [2.75, 3.05) is 5.73 Å². The number of hydrogen-bond donors (Lipinski definition) is 5. The zero-order valence-electron chi connectivity index (χ0n) is 18.2. The topological polar surface area (TPSA) is 254 Å². The second-order valence-corrected chi connectivity index (χ2v) is 9.92. The monoisotopic (exact) mass is 531 g/mol. The van der Waals surface area contributed by atoms with Gasteiger partial charge in [-0.05, 0) is 13.8 Å². The molecule has 2 amide bonds. The highest BCUT2D eigenvalue weighted by atomic mass is 32.2. The number of aliphatic carboxylic acids is 1. The number of rotatable bonds is 10. The average molecular weight is 532 g/mol. The van der Waals surface area contributed by atoms with Crippen molar-refractivity contribution in [1.82, 2.24) is 19.8 Å². The minimum atomic E-state index is -4.96. The molecule has 3 rings (SSSR count). The number of anilines is 1. The van der Waals surface area contributed by atoms with Crippen molar-refractivity contribution in [1.29, 1.82) is 0 Å². The van der Waals surface area contributed by atoms with Crippen molar-refractivity contribution in [3.05, 3.63) is 28.6 Å². The van der Waals surface area contributed by atoms with Crippen LogP contribution in [0.25, 0.3) is 0 Å². The second-order valence-electron chi connectivity index (χ2n) is 7.74. The van der Waals surface area contributed by atoms with Crippen LogP contribution in [0.3, 0.4) is 0 Å². The Balaban J connectivity index is 1.89. The van der Waals surface area contributed by atoms with E-state index in [0.717, 1.165) is 11.3 Å². The van der Waals surface area contributed by atoms with Crippen LogP contribution in [-0.4, -0.2) is 73.7 Å². The van der Waals surface area contributed by atoms with Crippen LogP contribution in [0.4, 0.5) is 5.13 Å². The largest absolute Gasteiger partial charge is 0.478 e. The number of nitrogens with one attached hydrogen (secondary N) is 1. The Bertz CT molecular complexity index is 1280. The quantitative estimate of drug-likeness (QED) is 0.101. The van der Waals surface area contributed by atoms with Crippen molar-refractivity contribution in [2.24, 2.45) is 10.9 Å². The molecule has 3 heterocycles. The molecule has 0 unspecified atom stereocenters. The molecule has 2 aromatic rings. The van der Waals surface area contributed by atoms with E-state index in [1.54, 1.807) is 0 Å². The van der Waals surface area contributed by atoms with Gasteiger partial charge in [0.2, 0.25) is 5.60 Å². The zero-order valence-corrected chi connectivity index (χ0v) is 19.9. The third-order valence-corrected chi connectivity index (χ3v) is 6.41. The number of carboxylic acid groups (broad SMARTS) is 1. The molecule has 1 fully saturated rings. The number of carbonyl (C=O) groups is 3. The van der Waals surface area contributed by atoms with Gasteiger partial charge in [-0.2, -0.15) is 8.42 Å². The van der Waals surface area contributed by atoms with E-state index in [4.69, 9.17) is 20.8 Å². The second kappa shape index (κ2) is 9.56. The number of thiazole rings is 1. The van der Waals surface area contributed by atoms with E-state index in [-0.39, 0.29) is 33.8 Å². The van der Waals surface area contributed by atoms with E-state index in [0.29, 0.717) is 5.76 Å². The minimum Gasteiger partial charge on any atom is -0.478 e. The standard InChI is InChI=1S/C17H21N7O9S2/c1-17(2,15(27)28)33-23-11(9-6-34-16(19)20-9)13(25)21-12-10(24(14(12)26)35(29,30)31)4-7-3-8(5-18)32-22-7/h3,6,10,12H,4-5,18H2,1-2H3,(H2,19,20)(H,21,25)(H,27,28)(H,29,30,31)/b23-11+/t10-,12+/m1/s1. The van der Waals surface area contributed by atoms with Gasteiger partial charge in [0.1, 0.15) is 11.7 Å². The number of β-lactam (4-membered cyclic amide) rings is 1. The van der Waals surface area contributed by atoms with Crippen LogP contribution in [0, 0.1) is 0 Å². The molecule has 7 N–H and O–H groups in total. The van der Waals surface area contributed by atoms with E-state index < -0.39 is 51.5 Å². The van der Waals surface area contributed by atoms with Crippen LogP contribution in [-0.2, 0) is 42.5 Å². The van der Waals surface area contributed by atoms with Gasteiger partial charge in [0.05, 0.1) is 18.3 Å². The molecular weight excluding hydrogens is 510 g/mol. The van der Waals surface area contributed by atoms with Gasteiger partial charge in [-0.3, -0.25) is 14.1 Å². The van der Waals surface area contributed by atoms with Gasteiger partial charge in [0.15, 0.2) is 16.6 Å². The molecule has 2 aromatic heterocycles. The predicted molar refractivity (Wildman–Crippen MR) is 118 cm³/mol. The number of hydrogen-bond acceptors (Lipinski definition) is 13. The number of nitrogen functional groups attached to an aromatic ring is 1. The lowest BCUT2D eigenvalue weighted by molar-refractivity contribution is -0.161. The normalized spacial score (nSPS) is 18.8. The molecule has 190 valence electrons. The fourth-order valence-electron chi connectivity index (χ4n) is 2.93. The number of oxime groups is 1. The Kier molecular flexibility index (Phi) is 7.11. The number of aromatic nitrogens is 2. The Morgan fingerprint density at radius 1 is 1.43 bits per heavy atom. The molecule has 0 radical (unpaired) electrons. The van der Waals surface area contributed by atoms with E-state index in [1.165, 1.54) is 25.3 Å². The summed E-state index contributed by atoms with van der Waals surface area (Å²) in [5, 5.41) is 20.3. The van der Waals surface area contributed by atoms with Crippen LogP contribution < -0.4 is 16.8 Å². The highest BCUT2D eigenvalue weighted by Crippen LogP contribution is 2.27. The molecule has 1 aliphatic rings. The van der Waals surface area contributed by atoms with Gasteiger partial charge in [-0.25, -0.2) is 14.1 Å². The zero-order chi connectivity index (χ0) is 26.1. The Hall–Kier alpha value is -3.61. The SMILES string of the molecule is CC(C)(O/N=C(/C(=O)N[C@@H]1C(=O)N(S(=O)(=O)O)[C@@H]1Cc1cc(CN)on1)c1csc(N)n1)C(=O)O. The summed E-state index contributed by atoms with van der Waals surface area (Å²) >= 11 is 0.957. The van der Waals surface area contributed by atoms with Gasteiger partial charge in [0.25, 0.3) is 11.8 Å². The molecule has 0 spiro atoms. The fourth-order valence-corrected chi connectivity index (χ4v) is 4.36. The van der Waals surface area contributed by atoms with E-state index in [9.17, 15) is 32.5 Å². The fraction of sp³-hybridized carbons (Fsp3) is 0.412. The summed E-state index contributed by atoms with van der Waals surface area (Å²) in [6, 6.07) is -1.28. The van der Waals surface area contributed by atoms with Crippen molar-refractivity contribution >= 4 is 50.3 Å². The lowest BCUT2D eigenvalue weighted by Gasteiger charge is -2.43. The van der Waals surface area contributed by atoms with Crippen molar-refractivity contribution in [3.63, 3.8) is 0 Å². The summed E-state index contributed by atoms with van der Waals surface area (Å²) in [5.74, 6) is -3.25. The summed E-state index contributed by atoms with van der Waals surface area (Å²) in [5.41, 5.74) is 8.85. The van der Waals surface area contributed by atoms with E-state index in [2.05, 4.69) is 20.6 Å². The molecule has 35 heavy (non-hydrogen) atoms. The summed E-state index contributed by atoms with van der Waals surface area (Å²) in [6.07, 6.45) is -0.224. The maximum Gasteiger partial charge on any atom is 0.362 e. The highest BCUT2D eigenvalue weighted by Gasteiger charge is 2.54. The van der Waals surface area contributed by atoms with Crippen LogP contribution >= 0.6 is 11.3 Å². The lowest BCUT2D eigenvalue weighted by Crippen LogP contribution is -2.73. The van der Waals surface area contributed by atoms with Crippen molar-refractivity contribution < 1.29 is 41.8 Å². The molecular formula is C17H21N7O9S2. The van der Waals surface area contributed by atoms with Crippen molar-refractivity contribution in [3.8, 4) is 0 Å². The Morgan fingerprint density at radius 3 is 2.63 bits per heavy atom. The Labute approximate surface area is 201 Å². The third-order valence-electron chi connectivity index (χ3n) is 4.79. The first-order valence-corrected chi connectivity index (χ1v) is 12.0. The van der Waals surface area contributed by atoms with E-state index in [1.807, 2.05) is 0 Å². The molecule has 0 aromatic carbocycles. The van der Waals surface area contributed by atoms with Gasteiger partial charge in [-0.15, -0.1) is 11.3 Å². The molecule has 18 heteroatoms. The van der Waals surface area contributed by atoms with Crippen LogP contribution in [0.1, 0.15) is 31.0 Å². The number of carboxylic acids is 1. The molecule has 16 nitrogen and oxygen atoms in total. The molecule has 2 atom stereocenters. The highest BCUT2D eigenvalue weighted by molar-refractivity contribution is 7.84. The number of nitrogens with two attached hydrogens (primary N) is 2. The summed E-state index contributed by atoms with van der Waals surface area (Å²) in [6.45, 7) is 2.39. The summed E-state index contributed by atoms with van der Waals surface area (Å²) in [7, 11) is -4.96. The summed E-state index contributed by atoms with van der Waals surface area (Å²) < 4.78 is 38.0. The van der Waals surface area contributed by atoms with Gasteiger partial charge < -0.3 is 31.3 Å². The minimum absolute atomic E-state index is 0.0159. The number of carbonyl (C=O) groups excluding carboxylic acids is 2. The first kappa shape index (κ1) is 26.0. The van der Waals surface area contributed by atoms with Gasteiger partial charge >= 0.3 is 16.3 Å². The molecule has 1 aliphatic heterocycles. The number of amides is 2. The van der Waals surface area contributed by atoms with Crippen LogP contribution in [0.5, 0.6) is 0 Å². The molecule has 0 bridgehead atoms. The molecule has 0 aliphatic carbocycles. The lowest BCUT2D eigenvalue weighted by atomic mass is 9.93. The summed E-state index contributed by atoms with van der Waals surface area (Å²) in [4.78, 5) is 45.7. The maximum absolute atomic E-state index is 13.0. The third kappa shape index (κ3) is 5.56. The van der Waals surface area contributed by atoms with Crippen LogP contribution in [0.2, 0.25) is 0 Å².